The quantitative estimate of drug-likeness (QED) is 0.842. The van der Waals surface area contributed by atoms with Crippen molar-refractivity contribution in [3.63, 3.8) is 0 Å². The molecule has 0 bridgehead atoms. The van der Waals surface area contributed by atoms with Crippen LogP contribution in [-0.2, 0) is 5.41 Å². The van der Waals surface area contributed by atoms with Crippen LogP contribution in [0.3, 0.4) is 0 Å². The van der Waals surface area contributed by atoms with Gasteiger partial charge in [0.05, 0.1) is 0 Å². The summed E-state index contributed by atoms with van der Waals surface area (Å²) in [5.41, 5.74) is 3.47. The summed E-state index contributed by atoms with van der Waals surface area (Å²) >= 11 is 0. The van der Waals surface area contributed by atoms with Crippen LogP contribution in [0.25, 0.3) is 0 Å². The van der Waals surface area contributed by atoms with E-state index in [-0.39, 0.29) is 0 Å². The molecule has 1 fully saturated rings. The summed E-state index contributed by atoms with van der Waals surface area (Å²) in [6.07, 6.45) is 2.59. The minimum atomic E-state index is 0.332. The van der Waals surface area contributed by atoms with Gasteiger partial charge in [-0.3, -0.25) is 4.90 Å². The first-order chi connectivity index (χ1) is 9.47. The van der Waals surface area contributed by atoms with Crippen molar-refractivity contribution in [1.29, 1.82) is 0 Å². The maximum atomic E-state index is 3.65. The first kappa shape index (κ1) is 14.1. The topological polar surface area (TPSA) is 15.3 Å². The Hall–Kier alpha value is -0.860. The lowest BCUT2D eigenvalue weighted by Crippen LogP contribution is -2.55. The Morgan fingerprint density at radius 3 is 2.45 bits per heavy atom. The Morgan fingerprint density at radius 1 is 1.10 bits per heavy atom. The normalized spacial score (nSPS) is 33.7. The number of hydrogen-bond acceptors (Lipinski definition) is 2. The fourth-order valence-corrected chi connectivity index (χ4v) is 4.19. The van der Waals surface area contributed by atoms with Gasteiger partial charge in [0.1, 0.15) is 0 Å². The SMILES string of the molecule is CC1CN(C2CCC(C)(C)c3ccccc32)CC(C)N1. The van der Waals surface area contributed by atoms with E-state index in [1.54, 1.807) is 11.1 Å². The molecule has 3 atom stereocenters. The monoisotopic (exact) mass is 272 g/mol. The highest BCUT2D eigenvalue weighted by Gasteiger charge is 2.36. The molecule has 1 aliphatic carbocycles. The first-order valence-electron chi connectivity index (χ1n) is 8.07. The van der Waals surface area contributed by atoms with Crippen LogP contribution in [-0.4, -0.2) is 30.1 Å². The number of nitrogens with zero attached hydrogens (tertiary/aromatic N) is 1. The summed E-state index contributed by atoms with van der Waals surface area (Å²) in [6, 6.07) is 10.9. The van der Waals surface area contributed by atoms with Gasteiger partial charge in [0.15, 0.2) is 0 Å². The van der Waals surface area contributed by atoms with E-state index in [2.05, 4.69) is 62.2 Å². The van der Waals surface area contributed by atoms with Gasteiger partial charge in [-0.15, -0.1) is 0 Å². The lowest BCUT2D eigenvalue weighted by Gasteiger charge is -2.46. The van der Waals surface area contributed by atoms with Crippen molar-refractivity contribution in [1.82, 2.24) is 10.2 Å². The van der Waals surface area contributed by atoms with Crippen molar-refractivity contribution >= 4 is 0 Å². The molecule has 0 radical (unpaired) electrons. The Bertz CT molecular complexity index is 470. The second-order valence-corrected chi connectivity index (χ2v) is 7.45. The lowest BCUT2D eigenvalue weighted by molar-refractivity contribution is 0.104. The van der Waals surface area contributed by atoms with E-state index in [9.17, 15) is 0 Å². The molecule has 1 aromatic carbocycles. The molecular weight excluding hydrogens is 244 g/mol. The van der Waals surface area contributed by atoms with E-state index < -0.39 is 0 Å². The molecule has 0 aromatic heterocycles. The average molecular weight is 272 g/mol. The van der Waals surface area contributed by atoms with Crippen molar-refractivity contribution < 1.29 is 0 Å². The third kappa shape index (κ3) is 2.51. The lowest BCUT2D eigenvalue weighted by atomic mass is 9.70. The average Bonchev–Trinajstić information content (AvgIpc) is 2.38. The molecule has 3 unspecified atom stereocenters. The molecule has 1 N–H and O–H groups in total. The van der Waals surface area contributed by atoms with E-state index in [0.717, 1.165) is 0 Å². The smallest absolute Gasteiger partial charge is 0.0352 e. The molecule has 0 saturated carbocycles. The number of rotatable bonds is 1. The molecule has 0 spiro atoms. The van der Waals surface area contributed by atoms with Crippen LogP contribution < -0.4 is 5.32 Å². The van der Waals surface area contributed by atoms with Gasteiger partial charge in [0, 0.05) is 31.2 Å². The minimum absolute atomic E-state index is 0.332. The number of nitrogens with one attached hydrogen (secondary N) is 1. The zero-order valence-corrected chi connectivity index (χ0v) is 13.3. The summed E-state index contributed by atoms with van der Waals surface area (Å²) in [5.74, 6) is 0. The number of fused-ring (bicyclic) bond motifs is 1. The van der Waals surface area contributed by atoms with E-state index in [1.807, 2.05) is 0 Å². The van der Waals surface area contributed by atoms with Crippen LogP contribution in [0.4, 0.5) is 0 Å². The van der Waals surface area contributed by atoms with E-state index >= 15 is 0 Å². The minimum Gasteiger partial charge on any atom is -0.309 e. The van der Waals surface area contributed by atoms with Crippen molar-refractivity contribution in [2.24, 2.45) is 0 Å². The van der Waals surface area contributed by atoms with Gasteiger partial charge in [-0.2, -0.15) is 0 Å². The zero-order valence-electron chi connectivity index (χ0n) is 13.3. The van der Waals surface area contributed by atoms with E-state index in [4.69, 9.17) is 0 Å². The van der Waals surface area contributed by atoms with Crippen LogP contribution >= 0.6 is 0 Å². The van der Waals surface area contributed by atoms with Crippen LogP contribution in [0.1, 0.15) is 57.7 Å². The number of hydrogen-bond donors (Lipinski definition) is 1. The van der Waals surface area contributed by atoms with Gasteiger partial charge in [-0.25, -0.2) is 0 Å². The Morgan fingerprint density at radius 2 is 1.75 bits per heavy atom. The molecule has 1 saturated heterocycles. The highest BCUT2D eigenvalue weighted by Crippen LogP contribution is 2.44. The fourth-order valence-electron chi connectivity index (χ4n) is 4.19. The molecule has 1 aromatic rings. The van der Waals surface area contributed by atoms with Gasteiger partial charge < -0.3 is 5.32 Å². The Labute approximate surface area is 123 Å². The zero-order chi connectivity index (χ0) is 14.3. The molecule has 1 heterocycles. The standard InChI is InChI=1S/C18H28N2/c1-13-11-20(12-14(2)19-13)17-9-10-18(3,4)16-8-6-5-7-15(16)17/h5-8,13-14,17,19H,9-12H2,1-4H3. The van der Waals surface area contributed by atoms with Crippen molar-refractivity contribution in [2.75, 3.05) is 13.1 Å². The van der Waals surface area contributed by atoms with Crippen LogP contribution in [0.2, 0.25) is 0 Å². The maximum absolute atomic E-state index is 3.65. The van der Waals surface area contributed by atoms with E-state index in [0.29, 0.717) is 23.5 Å². The van der Waals surface area contributed by atoms with Crippen LogP contribution in [0, 0.1) is 0 Å². The largest absolute Gasteiger partial charge is 0.309 e. The Kier molecular flexibility index (Phi) is 3.64. The molecule has 0 amide bonds. The van der Waals surface area contributed by atoms with Gasteiger partial charge >= 0.3 is 0 Å². The Balaban J connectivity index is 1.92. The highest BCUT2D eigenvalue weighted by atomic mass is 15.2. The predicted octanol–water partition coefficient (Wildman–Crippen LogP) is 3.48. The van der Waals surface area contributed by atoms with Gasteiger partial charge in [-0.05, 0) is 43.2 Å². The van der Waals surface area contributed by atoms with E-state index in [1.165, 1.54) is 25.9 Å². The van der Waals surface area contributed by atoms with Gasteiger partial charge in [0.2, 0.25) is 0 Å². The van der Waals surface area contributed by atoms with Crippen LogP contribution in [0.5, 0.6) is 0 Å². The molecule has 110 valence electrons. The molecule has 1 aliphatic heterocycles. The summed E-state index contributed by atoms with van der Waals surface area (Å²) in [7, 11) is 0. The third-order valence-corrected chi connectivity index (χ3v) is 5.12. The molecule has 2 aliphatic rings. The fraction of sp³-hybridized carbons (Fsp3) is 0.667. The summed E-state index contributed by atoms with van der Waals surface area (Å²) < 4.78 is 0. The molecule has 2 heteroatoms. The third-order valence-electron chi connectivity index (χ3n) is 5.12. The molecule has 3 rings (SSSR count). The van der Waals surface area contributed by atoms with Crippen molar-refractivity contribution in [3.05, 3.63) is 35.4 Å². The number of benzene rings is 1. The van der Waals surface area contributed by atoms with Crippen molar-refractivity contribution in [2.45, 2.75) is 64.1 Å². The van der Waals surface area contributed by atoms with Crippen LogP contribution in [0.15, 0.2) is 24.3 Å². The second kappa shape index (κ2) is 5.16. The molecular formula is C18H28N2. The summed E-state index contributed by atoms with van der Waals surface area (Å²) in [5, 5.41) is 3.65. The van der Waals surface area contributed by atoms with Gasteiger partial charge in [0.25, 0.3) is 0 Å². The van der Waals surface area contributed by atoms with Gasteiger partial charge in [-0.1, -0.05) is 38.1 Å². The maximum Gasteiger partial charge on any atom is 0.0352 e. The number of piperazine rings is 1. The molecule has 20 heavy (non-hydrogen) atoms. The molecule has 2 nitrogen and oxygen atoms in total. The second-order valence-electron chi connectivity index (χ2n) is 7.45. The highest BCUT2D eigenvalue weighted by molar-refractivity contribution is 5.38. The first-order valence-corrected chi connectivity index (χ1v) is 8.07. The summed E-state index contributed by atoms with van der Waals surface area (Å²) in [4.78, 5) is 2.71. The summed E-state index contributed by atoms with van der Waals surface area (Å²) in [6.45, 7) is 11.7. The predicted molar refractivity (Wildman–Crippen MR) is 85.1 cm³/mol. The van der Waals surface area contributed by atoms with Crippen molar-refractivity contribution in [3.8, 4) is 0 Å².